The van der Waals surface area contributed by atoms with Crippen LogP contribution in [-0.4, -0.2) is 0 Å². The summed E-state index contributed by atoms with van der Waals surface area (Å²) in [7, 11) is 2.18. The van der Waals surface area contributed by atoms with Crippen LogP contribution >= 0.6 is 0 Å². The monoisotopic (exact) mass is 502 g/mol. The van der Waals surface area contributed by atoms with E-state index in [4.69, 9.17) is 4.74 Å². The van der Waals surface area contributed by atoms with Gasteiger partial charge in [-0.3, -0.25) is 0 Å². The van der Waals surface area contributed by atoms with E-state index >= 15 is 0 Å². The highest BCUT2D eigenvalue weighted by atomic mass is 16.5. The smallest absolute Gasteiger partial charge is 0.228 e. The van der Waals surface area contributed by atoms with Gasteiger partial charge in [-0.05, 0) is 82.3 Å². The second-order valence-corrected chi connectivity index (χ2v) is 13.9. The summed E-state index contributed by atoms with van der Waals surface area (Å²) in [5.74, 6) is 2.04. The number of benzene rings is 4. The molecular weight excluding hydrogens is 462 g/mol. The average molecular weight is 503 g/mol. The number of hydrogen-bond donors (Lipinski definition) is 0. The van der Waals surface area contributed by atoms with Gasteiger partial charge < -0.3 is 4.74 Å². The highest BCUT2D eigenvalue weighted by Crippen LogP contribution is 2.53. The highest BCUT2D eigenvalue weighted by molar-refractivity contribution is 6.13. The van der Waals surface area contributed by atoms with Crippen molar-refractivity contribution in [1.29, 1.82) is 0 Å². The van der Waals surface area contributed by atoms with E-state index in [0.29, 0.717) is 0 Å². The van der Waals surface area contributed by atoms with Crippen molar-refractivity contribution in [3.63, 3.8) is 0 Å². The van der Waals surface area contributed by atoms with Gasteiger partial charge in [0.1, 0.15) is 18.5 Å². The van der Waals surface area contributed by atoms with Gasteiger partial charge in [0.2, 0.25) is 5.69 Å². The lowest BCUT2D eigenvalue weighted by atomic mass is 9.80. The van der Waals surface area contributed by atoms with Gasteiger partial charge in [-0.2, -0.15) is 0 Å². The van der Waals surface area contributed by atoms with E-state index in [9.17, 15) is 0 Å². The van der Waals surface area contributed by atoms with Crippen molar-refractivity contribution in [3.8, 4) is 22.8 Å². The largest absolute Gasteiger partial charge is 0.455 e. The lowest BCUT2D eigenvalue weighted by Crippen LogP contribution is -2.32. The zero-order valence-electron chi connectivity index (χ0n) is 24.5. The molecule has 38 heavy (non-hydrogen) atoms. The van der Waals surface area contributed by atoms with Crippen molar-refractivity contribution in [3.05, 3.63) is 77.0 Å². The number of fused-ring (bicyclic) bond motifs is 5. The van der Waals surface area contributed by atoms with Crippen molar-refractivity contribution in [1.82, 2.24) is 0 Å². The quantitative estimate of drug-likeness (QED) is 0.170. The van der Waals surface area contributed by atoms with Gasteiger partial charge in [0, 0.05) is 17.0 Å². The third kappa shape index (κ3) is 4.06. The first-order chi connectivity index (χ1) is 17.8. The Kier molecular flexibility index (Phi) is 5.44. The topological polar surface area (TPSA) is 13.1 Å². The molecule has 0 unspecified atom stereocenters. The van der Waals surface area contributed by atoms with Crippen LogP contribution in [0.4, 0.5) is 0 Å². The molecule has 0 radical (unpaired) electrons. The Hall–Kier alpha value is -3.39. The molecule has 0 atom stereocenters. The fourth-order valence-corrected chi connectivity index (χ4v) is 6.40. The molecule has 2 heteroatoms. The molecule has 0 saturated carbocycles. The van der Waals surface area contributed by atoms with E-state index in [1.54, 1.807) is 0 Å². The van der Waals surface area contributed by atoms with Gasteiger partial charge in [-0.25, -0.2) is 4.57 Å². The van der Waals surface area contributed by atoms with Gasteiger partial charge in [-0.1, -0.05) is 77.4 Å². The van der Waals surface area contributed by atoms with Crippen LogP contribution in [0.25, 0.3) is 43.6 Å². The zero-order valence-corrected chi connectivity index (χ0v) is 24.5. The third-order valence-electron chi connectivity index (χ3n) is 7.92. The molecule has 0 aliphatic carbocycles. The molecule has 2 heterocycles. The molecule has 5 aromatic rings. The number of aryl methyl sites for hydroxylation is 3. The molecule has 1 aromatic heterocycles. The predicted molar refractivity (Wildman–Crippen MR) is 161 cm³/mol. The number of hydrogen-bond acceptors (Lipinski definition) is 1. The highest BCUT2D eigenvalue weighted by Gasteiger charge is 2.34. The standard InChI is InChI=1S/C36H40NO/c1-21-10-12-24-18-25-14-15-37(9)32-30-22(2)27-17-23(19-35(3,4)5)11-13-26(27)29(20-36(6,7)8)34(30)38-33(31(25)32)28(24)16-21/h10-18H,19-20H2,1-9H3/q+1. The molecule has 6 rings (SSSR count). The summed E-state index contributed by atoms with van der Waals surface area (Å²) in [5.41, 5.74) is 8.15. The molecule has 4 aromatic carbocycles. The fourth-order valence-electron chi connectivity index (χ4n) is 6.40. The molecule has 194 valence electrons. The summed E-state index contributed by atoms with van der Waals surface area (Å²) in [6, 6.07) is 18.4. The first-order valence-electron chi connectivity index (χ1n) is 13.9. The molecule has 1 aliphatic rings. The lowest BCUT2D eigenvalue weighted by Gasteiger charge is -2.29. The Morgan fingerprint density at radius 1 is 0.711 bits per heavy atom. The molecule has 0 spiro atoms. The lowest BCUT2D eigenvalue weighted by molar-refractivity contribution is -0.659. The van der Waals surface area contributed by atoms with Crippen molar-refractivity contribution in [2.75, 3.05) is 0 Å². The summed E-state index contributed by atoms with van der Waals surface area (Å²) in [4.78, 5) is 0. The Morgan fingerprint density at radius 3 is 2.16 bits per heavy atom. The second kappa shape index (κ2) is 8.30. The molecule has 1 aliphatic heterocycles. The van der Waals surface area contributed by atoms with Gasteiger partial charge >= 0.3 is 0 Å². The molecule has 0 bridgehead atoms. The minimum absolute atomic E-state index is 0.118. The Morgan fingerprint density at radius 2 is 1.45 bits per heavy atom. The Labute approximate surface area is 227 Å². The van der Waals surface area contributed by atoms with Crippen molar-refractivity contribution in [2.45, 2.75) is 68.2 Å². The van der Waals surface area contributed by atoms with Crippen molar-refractivity contribution >= 4 is 32.3 Å². The SMILES string of the molecule is Cc1ccc2cc3cc[n+](C)c4c3c(c2c1)Oc1c-4c(C)c2cc(CC(C)(C)C)ccc2c1CC(C)(C)C. The fraction of sp³-hybridized carbons (Fsp3) is 0.361. The number of ether oxygens (including phenoxy) is 1. The number of pyridine rings is 1. The summed E-state index contributed by atoms with van der Waals surface area (Å²) >= 11 is 0. The van der Waals surface area contributed by atoms with E-state index < -0.39 is 0 Å². The number of rotatable bonds is 2. The zero-order chi connectivity index (χ0) is 27.1. The van der Waals surface area contributed by atoms with E-state index in [1.807, 2.05) is 0 Å². The summed E-state index contributed by atoms with van der Waals surface area (Å²) in [5, 5.41) is 7.54. The van der Waals surface area contributed by atoms with E-state index in [1.165, 1.54) is 65.8 Å². The maximum atomic E-state index is 7.14. The summed E-state index contributed by atoms with van der Waals surface area (Å²) in [6.07, 6.45) is 4.21. The van der Waals surface area contributed by atoms with Crippen LogP contribution in [0.15, 0.2) is 54.7 Å². The number of aromatic nitrogens is 1. The first-order valence-corrected chi connectivity index (χ1v) is 13.9. The second-order valence-electron chi connectivity index (χ2n) is 13.9. The van der Waals surface area contributed by atoms with Crippen LogP contribution in [0, 0.1) is 24.7 Å². The third-order valence-corrected chi connectivity index (χ3v) is 7.92. The maximum Gasteiger partial charge on any atom is 0.228 e. The average Bonchev–Trinajstić information content (AvgIpc) is 2.82. The first kappa shape index (κ1) is 24.9. The summed E-state index contributed by atoms with van der Waals surface area (Å²) in [6.45, 7) is 18.4. The van der Waals surface area contributed by atoms with Gasteiger partial charge in [-0.15, -0.1) is 0 Å². The van der Waals surface area contributed by atoms with Crippen LogP contribution in [0.5, 0.6) is 11.5 Å². The number of nitrogens with zero attached hydrogens (tertiary/aromatic N) is 1. The molecule has 0 N–H and O–H groups in total. The van der Waals surface area contributed by atoms with Crippen LogP contribution in [0.2, 0.25) is 0 Å². The van der Waals surface area contributed by atoms with Gasteiger partial charge in [0.05, 0.1) is 10.9 Å². The van der Waals surface area contributed by atoms with E-state index in [-0.39, 0.29) is 10.8 Å². The minimum Gasteiger partial charge on any atom is -0.455 e. The van der Waals surface area contributed by atoms with Crippen LogP contribution < -0.4 is 9.30 Å². The maximum absolute atomic E-state index is 7.14. The molecule has 0 fully saturated rings. The molecule has 0 amide bonds. The minimum atomic E-state index is 0.118. The van der Waals surface area contributed by atoms with Gasteiger partial charge in [0.15, 0.2) is 6.20 Å². The van der Waals surface area contributed by atoms with Crippen molar-refractivity contribution in [2.24, 2.45) is 17.9 Å². The van der Waals surface area contributed by atoms with Crippen molar-refractivity contribution < 1.29 is 9.30 Å². The van der Waals surface area contributed by atoms with Crippen LogP contribution in [0.3, 0.4) is 0 Å². The molecule has 2 nitrogen and oxygen atoms in total. The molecule has 0 saturated heterocycles. The van der Waals surface area contributed by atoms with E-state index in [0.717, 1.165) is 24.3 Å². The normalized spacial score (nSPS) is 13.3. The molecular formula is C36H40NO+. The van der Waals surface area contributed by atoms with E-state index in [2.05, 4.69) is 122 Å². The van der Waals surface area contributed by atoms with Crippen LogP contribution in [0.1, 0.15) is 63.8 Å². The Bertz CT molecular complexity index is 1780. The summed E-state index contributed by atoms with van der Waals surface area (Å²) < 4.78 is 9.44. The van der Waals surface area contributed by atoms with Gasteiger partial charge in [0.25, 0.3) is 0 Å². The van der Waals surface area contributed by atoms with Crippen LogP contribution in [-0.2, 0) is 19.9 Å². The predicted octanol–water partition coefficient (Wildman–Crippen LogP) is 9.54. The Balaban J connectivity index is 1.77.